The Labute approximate surface area is 178 Å². The average molecular weight is 418 g/mol. The van der Waals surface area contributed by atoms with Gasteiger partial charge < -0.3 is 15.5 Å². The SMILES string of the molecule is CCn1cc(NC(=O)C2CCN(C(=O)C(C)NC(=O)CC3CCCCC3)CC2)cn1. The molecule has 1 atom stereocenters. The fourth-order valence-electron chi connectivity index (χ4n) is 4.50. The number of amides is 3. The average Bonchev–Trinajstić information content (AvgIpc) is 3.21. The number of rotatable bonds is 7. The first-order valence-corrected chi connectivity index (χ1v) is 11.4. The monoisotopic (exact) mass is 417 g/mol. The van der Waals surface area contributed by atoms with Crippen molar-refractivity contribution < 1.29 is 14.4 Å². The Balaban J connectivity index is 1.40. The number of aryl methyl sites for hydroxylation is 1. The smallest absolute Gasteiger partial charge is 0.244 e. The molecule has 1 unspecified atom stereocenters. The van der Waals surface area contributed by atoms with Crippen molar-refractivity contribution in [2.24, 2.45) is 11.8 Å². The number of likely N-dealkylation sites (tertiary alicyclic amines) is 1. The molecule has 0 bridgehead atoms. The third-order valence-electron chi connectivity index (χ3n) is 6.35. The molecule has 8 nitrogen and oxygen atoms in total. The summed E-state index contributed by atoms with van der Waals surface area (Å²) < 4.78 is 1.76. The van der Waals surface area contributed by atoms with Gasteiger partial charge in [-0.25, -0.2) is 0 Å². The van der Waals surface area contributed by atoms with Crippen molar-refractivity contribution in [3.63, 3.8) is 0 Å². The zero-order chi connectivity index (χ0) is 21.5. The Kier molecular flexibility index (Phi) is 7.87. The lowest BCUT2D eigenvalue weighted by Gasteiger charge is -2.33. The van der Waals surface area contributed by atoms with Crippen LogP contribution in [0.2, 0.25) is 0 Å². The maximum atomic E-state index is 12.7. The maximum Gasteiger partial charge on any atom is 0.244 e. The molecule has 1 aliphatic heterocycles. The van der Waals surface area contributed by atoms with Gasteiger partial charge in [-0.1, -0.05) is 19.3 Å². The Hall–Kier alpha value is -2.38. The third-order valence-corrected chi connectivity index (χ3v) is 6.35. The van der Waals surface area contributed by atoms with Crippen LogP contribution in [0.5, 0.6) is 0 Å². The third kappa shape index (κ3) is 6.06. The summed E-state index contributed by atoms with van der Waals surface area (Å²) >= 11 is 0. The predicted octanol–water partition coefficient (Wildman–Crippen LogP) is 2.56. The molecule has 166 valence electrons. The first kappa shape index (κ1) is 22.3. The summed E-state index contributed by atoms with van der Waals surface area (Å²) in [6.45, 7) is 5.57. The molecule has 8 heteroatoms. The molecule has 2 aliphatic rings. The van der Waals surface area contributed by atoms with Crippen LogP contribution in [0.15, 0.2) is 12.4 Å². The number of carbonyl (C=O) groups excluding carboxylic acids is 3. The van der Waals surface area contributed by atoms with Crippen molar-refractivity contribution in [1.29, 1.82) is 0 Å². The second-order valence-corrected chi connectivity index (χ2v) is 8.67. The van der Waals surface area contributed by atoms with Gasteiger partial charge in [0.05, 0.1) is 11.9 Å². The summed E-state index contributed by atoms with van der Waals surface area (Å²) in [6.07, 6.45) is 11.1. The topological polar surface area (TPSA) is 96.3 Å². The Morgan fingerprint density at radius 2 is 1.83 bits per heavy atom. The van der Waals surface area contributed by atoms with Crippen LogP contribution < -0.4 is 10.6 Å². The van der Waals surface area contributed by atoms with E-state index in [4.69, 9.17) is 0 Å². The quantitative estimate of drug-likeness (QED) is 0.713. The maximum absolute atomic E-state index is 12.7. The lowest BCUT2D eigenvalue weighted by molar-refractivity contribution is -0.138. The number of nitrogens with zero attached hydrogens (tertiary/aromatic N) is 3. The fraction of sp³-hybridized carbons (Fsp3) is 0.727. The minimum Gasteiger partial charge on any atom is -0.345 e. The van der Waals surface area contributed by atoms with Gasteiger partial charge in [-0.05, 0) is 45.4 Å². The van der Waals surface area contributed by atoms with Crippen LogP contribution in [0.25, 0.3) is 0 Å². The van der Waals surface area contributed by atoms with E-state index in [0.29, 0.717) is 44.0 Å². The number of carbonyl (C=O) groups is 3. The van der Waals surface area contributed by atoms with Crippen molar-refractivity contribution in [3.8, 4) is 0 Å². The van der Waals surface area contributed by atoms with Crippen molar-refractivity contribution in [3.05, 3.63) is 12.4 Å². The lowest BCUT2D eigenvalue weighted by Crippen LogP contribution is -2.50. The van der Waals surface area contributed by atoms with Crippen molar-refractivity contribution in [2.75, 3.05) is 18.4 Å². The largest absolute Gasteiger partial charge is 0.345 e. The van der Waals surface area contributed by atoms with Gasteiger partial charge in [0.2, 0.25) is 17.7 Å². The molecule has 0 spiro atoms. The molecule has 1 saturated heterocycles. The normalized spacial score (nSPS) is 19.3. The van der Waals surface area contributed by atoms with Crippen molar-refractivity contribution in [1.82, 2.24) is 20.0 Å². The first-order valence-electron chi connectivity index (χ1n) is 11.4. The molecule has 1 aromatic rings. The molecule has 2 heterocycles. The van der Waals surface area contributed by atoms with E-state index in [1.54, 1.807) is 22.7 Å². The summed E-state index contributed by atoms with van der Waals surface area (Å²) in [5, 5.41) is 9.96. The van der Waals surface area contributed by atoms with Gasteiger partial charge in [0.25, 0.3) is 0 Å². The standard InChI is InChI=1S/C22H35N5O3/c1-3-27-15-19(14-23-27)25-21(29)18-9-11-26(12-10-18)22(30)16(2)24-20(28)13-17-7-5-4-6-8-17/h14-18H,3-13H2,1-2H3,(H,24,28)(H,25,29). The van der Waals surface area contributed by atoms with Crippen molar-refractivity contribution in [2.45, 2.75) is 77.8 Å². The zero-order valence-corrected chi connectivity index (χ0v) is 18.2. The summed E-state index contributed by atoms with van der Waals surface area (Å²) in [7, 11) is 0. The molecule has 0 radical (unpaired) electrons. The molecule has 2 N–H and O–H groups in total. The number of hydrogen-bond donors (Lipinski definition) is 2. The molecule has 1 aromatic heterocycles. The van der Waals surface area contributed by atoms with Gasteiger partial charge in [0.1, 0.15) is 6.04 Å². The van der Waals surface area contributed by atoms with E-state index in [2.05, 4.69) is 15.7 Å². The Morgan fingerprint density at radius 1 is 1.13 bits per heavy atom. The minimum atomic E-state index is -0.522. The minimum absolute atomic E-state index is 0.0217. The van der Waals surface area contributed by atoms with E-state index < -0.39 is 6.04 Å². The summed E-state index contributed by atoms with van der Waals surface area (Å²) in [6, 6.07) is -0.522. The van der Waals surface area contributed by atoms with Crippen LogP contribution in [-0.2, 0) is 20.9 Å². The van der Waals surface area contributed by atoms with Gasteiger partial charge in [-0.2, -0.15) is 5.10 Å². The second kappa shape index (κ2) is 10.6. The lowest BCUT2D eigenvalue weighted by atomic mass is 9.87. The predicted molar refractivity (Wildman–Crippen MR) is 115 cm³/mol. The summed E-state index contributed by atoms with van der Waals surface area (Å²) in [4.78, 5) is 39.3. The van der Waals surface area contributed by atoms with E-state index in [-0.39, 0.29) is 23.6 Å². The summed E-state index contributed by atoms with van der Waals surface area (Å²) in [5.41, 5.74) is 0.703. The Bertz CT molecular complexity index is 733. The number of hydrogen-bond acceptors (Lipinski definition) is 4. The molecule has 1 aliphatic carbocycles. The van der Waals surface area contributed by atoms with Crippen LogP contribution in [0, 0.1) is 11.8 Å². The molecule has 30 heavy (non-hydrogen) atoms. The van der Waals surface area contributed by atoms with Gasteiger partial charge >= 0.3 is 0 Å². The molecule has 3 rings (SSSR count). The van der Waals surface area contributed by atoms with Crippen LogP contribution in [0.3, 0.4) is 0 Å². The van der Waals surface area contributed by atoms with Gasteiger partial charge in [-0.15, -0.1) is 0 Å². The van der Waals surface area contributed by atoms with E-state index in [9.17, 15) is 14.4 Å². The van der Waals surface area contributed by atoms with E-state index in [1.165, 1.54) is 19.3 Å². The molecule has 1 saturated carbocycles. The molecule has 2 fully saturated rings. The molecule has 0 aromatic carbocycles. The molecule has 3 amide bonds. The number of piperidine rings is 1. The van der Waals surface area contributed by atoms with Crippen LogP contribution >= 0.6 is 0 Å². The highest BCUT2D eigenvalue weighted by Gasteiger charge is 2.30. The van der Waals surface area contributed by atoms with Crippen molar-refractivity contribution >= 4 is 23.4 Å². The van der Waals surface area contributed by atoms with Crippen LogP contribution in [0.4, 0.5) is 5.69 Å². The van der Waals surface area contributed by atoms with Gasteiger partial charge in [0.15, 0.2) is 0 Å². The highest BCUT2D eigenvalue weighted by Crippen LogP contribution is 2.26. The van der Waals surface area contributed by atoms with Crippen LogP contribution in [0.1, 0.15) is 65.2 Å². The fourth-order valence-corrected chi connectivity index (χ4v) is 4.50. The first-order chi connectivity index (χ1) is 14.5. The Morgan fingerprint density at radius 3 is 2.47 bits per heavy atom. The number of aromatic nitrogens is 2. The molecular formula is C22H35N5O3. The van der Waals surface area contributed by atoms with E-state index in [1.807, 2.05) is 13.1 Å². The van der Waals surface area contributed by atoms with Crippen LogP contribution in [-0.4, -0.2) is 51.5 Å². The zero-order valence-electron chi connectivity index (χ0n) is 18.2. The van der Waals surface area contributed by atoms with Gasteiger partial charge in [-0.3, -0.25) is 19.1 Å². The van der Waals surface area contributed by atoms with E-state index >= 15 is 0 Å². The van der Waals surface area contributed by atoms with Gasteiger partial charge in [0, 0.05) is 38.2 Å². The highest BCUT2D eigenvalue weighted by molar-refractivity contribution is 5.92. The molecular weight excluding hydrogens is 382 g/mol. The van der Waals surface area contributed by atoms with E-state index in [0.717, 1.165) is 19.4 Å². The second-order valence-electron chi connectivity index (χ2n) is 8.67. The summed E-state index contributed by atoms with van der Waals surface area (Å²) in [5.74, 6) is 0.237. The highest BCUT2D eigenvalue weighted by atomic mass is 16.2. The number of nitrogens with one attached hydrogen (secondary N) is 2. The number of anilines is 1.